The van der Waals surface area contributed by atoms with Crippen molar-refractivity contribution in [2.75, 3.05) is 5.32 Å². The van der Waals surface area contributed by atoms with E-state index < -0.39 is 17.8 Å². The molecule has 2 N–H and O–H groups in total. The van der Waals surface area contributed by atoms with Gasteiger partial charge in [-0.25, -0.2) is 0 Å². The smallest absolute Gasteiger partial charge is 0.307 e. The van der Waals surface area contributed by atoms with Crippen LogP contribution in [0, 0.1) is 23.7 Å². The van der Waals surface area contributed by atoms with Gasteiger partial charge in [-0.3, -0.25) is 9.59 Å². The van der Waals surface area contributed by atoms with Crippen LogP contribution in [0.4, 0.5) is 5.69 Å². The molecule has 0 saturated heterocycles. The van der Waals surface area contributed by atoms with Crippen molar-refractivity contribution < 1.29 is 14.7 Å². The zero-order valence-corrected chi connectivity index (χ0v) is 13.5. The van der Waals surface area contributed by atoms with Gasteiger partial charge in [0.15, 0.2) is 0 Å². The average molecular weight is 361 g/mol. The predicted octanol–water partition coefficient (Wildman–Crippen LogP) is 4.11. The zero-order chi connectivity index (χ0) is 16.0. The molecule has 0 aromatic heterocycles. The van der Waals surface area contributed by atoms with E-state index in [-0.39, 0.29) is 33.5 Å². The van der Waals surface area contributed by atoms with Crippen LogP contribution in [0.2, 0.25) is 15.1 Å². The van der Waals surface area contributed by atoms with Gasteiger partial charge in [-0.05, 0) is 30.4 Å². The number of carbonyl (C=O) groups is 2. The summed E-state index contributed by atoms with van der Waals surface area (Å²) in [5.41, 5.74) is 0.258. The number of nitrogens with one attached hydrogen (secondary N) is 1. The molecule has 4 nitrogen and oxygen atoms in total. The number of hydrogen-bond donors (Lipinski definition) is 2. The molecule has 4 unspecified atom stereocenters. The third-order valence-electron chi connectivity index (χ3n) is 4.30. The summed E-state index contributed by atoms with van der Waals surface area (Å²) in [7, 11) is 0. The first kappa shape index (κ1) is 15.7. The number of rotatable bonds is 3. The van der Waals surface area contributed by atoms with Crippen molar-refractivity contribution in [1.29, 1.82) is 0 Å². The lowest BCUT2D eigenvalue weighted by atomic mass is 9.82. The Labute approximate surface area is 142 Å². The lowest BCUT2D eigenvalue weighted by Crippen LogP contribution is -2.36. The van der Waals surface area contributed by atoms with E-state index in [2.05, 4.69) is 5.32 Å². The van der Waals surface area contributed by atoms with Gasteiger partial charge in [0, 0.05) is 5.02 Å². The highest BCUT2D eigenvalue weighted by atomic mass is 35.5. The quantitative estimate of drug-likeness (QED) is 0.797. The van der Waals surface area contributed by atoms with Crippen LogP contribution in [-0.2, 0) is 9.59 Å². The van der Waals surface area contributed by atoms with E-state index in [4.69, 9.17) is 34.8 Å². The molecule has 2 aliphatic carbocycles. The maximum Gasteiger partial charge on any atom is 0.307 e. The predicted molar refractivity (Wildman–Crippen MR) is 85.5 cm³/mol. The Morgan fingerprint density at radius 3 is 2.14 bits per heavy atom. The van der Waals surface area contributed by atoms with Crippen molar-refractivity contribution in [3.05, 3.63) is 39.4 Å². The molecule has 0 heterocycles. The molecule has 0 spiro atoms. The molecule has 3 rings (SSSR count). The largest absolute Gasteiger partial charge is 0.481 e. The lowest BCUT2D eigenvalue weighted by molar-refractivity contribution is -0.146. The molecule has 116 valence electrons. The minimum absolute atomic E-state index is 0.0593. The monoisotopic (exact) mass is 359 g/mol. The molecular weight excluding hydrogens is 349 g/mol. The third-order valence-corrected chi connectivity index (χ3v) is 5.12. The molecule has 1 saturated carbocycles. The summed E-state index contributed by atoms with van der Waals surface area (Å²) in [4.78, 5) is 24.0. The van der Waals surface area contributed by atoms with Gasteiger partial charge in [-0.2, -0.15) is 0 Å². The van der Waals surface area contributed by atoms with Crippen molar-refractivity contribution in [2.45, 2.75) is 6.42 Å². The maximum absolute atomic E-state index is 12.6. The number of carboxylic acids is 1. The summed E-state index contributed by atoms with van der Waals surface area (Å²) in [6.07, 6.45) is 4.49. The van der Waals surface area contributed by atoms with Crippen LogP contribution in [0.1, 0.15) is 6.42 Å². The van der Waals surface area contributed by atoms with Crippen LogP contribution < -0.4 is 5.32 Å². The number of halogens is 3. The van der Waals surface area contributed by atoms with Crippen LogP contribution in [-0.4, -0.2) is 17.0 Å². The number of carbonyl (C=O) groups excluding carboxylic acids is 1. The average Bonchev–Trinajstić information content (AvgIpc) is 3.02. The summed E-state index contributed by atoms with van der Waals surface area (Å²) in [6.45, 7) is 0. The van der Waals surface area contributed by atoms with Gasteiger partial charge in [-0.15, -0.1) is 0 Å². The summed E-state index contributed by atoms with van der Waals surface area (Å²) in [6, 6.07) is 2.94. The minimum Gasteiger partial charge on any atom is -0.481 e. The summed E-state index contributed by atoms with van der Waals surface area (Å²) < 4.78 is 0. The molecule has 0 radical (unpaired) electrons. The standard InChI is InChI=1S/C15H12Cl3NO3/c16-8-4-9(17)13(10(18)5-8)19-14(20)11-6-1-2-7(3-6)12(11)15(21)22/h1-2,4-7,11-12H,3H2,(H,19,20)(H,21,22). The SMILES string of the molecule is O=C(O)C1C2C=CC(C2)C1C(=O)Nc1c(Cl)cc(Cl)cc1Cl. The molecule has 1 aromatic carbocycles. The van der Waals surface area contributed by atoms with Crippen LogP contribution in [0.15, 0.2) is 24.3 Å². The van der Waals surface area contributed by atoms with Gasteiger partial charge < -0.3 is 10.4 Å². The molecule has 7 heteroatoms. The molecule has 2 aliphatic rings. The van der Waals surface area contributed by atoms with Gasteiger partial charge in [0.2, 0.25) is 5.91 Å². The van der Waals surface area contributed by atoms with Crippen molar-refractivity contribution in [3.8, 4) is 0 Å². The molecular formula is C15H12Cl3NO3. The molecule has 1 amide bonds. The number of benzene rings is 1. The fraction of sp³-hybridized carbons (Fsp3) is 0.333. The van der Waals surface area contributed by atoms with Crippen molar-refractivity contribution in [3.63, 3.8) is 0 Å². The Morgan fingerprint density at radius 2 is 1.59 bits per heavy atom. The molecule has 1 aromatic rings. The maximum atomic E-state index is 12.6. The van der Waals surface area contributed by atoms with Crippen molar-refractivity contribution in [1.82, 2.24) is 0 Å². The second kappa shape index (κ2) is 5.76. The van der Waals surface area contributed by atoms with Crippen molar-refractivity contribution in [2.24, 2.45) is 23.7 Å². The Kier molecular flexibility index (Phi) is 4.10. The minimum atomic E-state index is -0.953. The first-order valence-corrected chi connectivity index (χ1v) is 7.88. The van der Waals surface area contributed by atoms with E-state index in [1.807, 2.05) is 12.2 Å². The Balaban J connectivity index is 1.86. The Morgan fingerprint density at radius 1 is 1.05 bits per heavy atom. The summed E-state index contributed by atoms with van der Waals surface area (Å²) in [5.74, 6) is -2.80. The normalized spacial score (nSPS) is 28.9. The van der Waals surface area contributed by atoms with E-state index in [0.29, 0.717) is 11.4 Å². The van der Waals surface area contributed by atoms with Crippen molar-refractivity contribution >= 4 is 52.4 Å². The van der Waals surface area contributed by atoms with Gasteiger partial charge in [0.1, 0.15) is 0 Å². The topological polar surface area (TPSA) is 66.4 Å². The fourth-order valence-corrected chi connectivity index (χ4v) is 4.30. The van der Waals surface area contributed by atoms with Crippen LogP contribution in [0.3, 0.4) is 0 Å². The van der Waals surface area contributed by atoms with Crippen LogP contribution in [0.5, 0.6) is 0 Å². The first-order chi connectivity index (χ1) is 10.4. The molecule has 0 aliphatic heterocycles. The zero-order valence-electron chi connectivity index (χ0n) is 11.2. The number of carboxylic acid groups (broad SMARTS) is 1. The van der Waals surface area contributed by atoms with Gasteiger partial charge in [-0.1, -0.05) is 47.0 Å². The fourth-order valence-electron chi connectivity index (χ4n) is 3.38. The summed E-state index contributed by atoms with van der Waals surface area (Å²) in [5, 5.41) is 12.8. The number of anilines is 1. The molecule has 2 bridgehead atoms. The van der Waals surface area contributed by atoms with E-state index >= 15 is 0 Å². The third kappa shape index (κ3) is 2.60. The van der Waals surface area contributed by atoms with Crippen LogP contribution >= 0.6 is 34.8 Å². The molecule has 22 heavy (non-hydrogen) atoms. The van der Waals surface area contributed by atoms with E-state index in [9.17, 15) is 14.7 Å². The Bertz CT molecular complexity index is 666. The van der Waals surface area contributed by atoms with Gasteiger partial charge >= 0.3 is 5.97 Å². The lowest BCUT2D eigenvalue weighted by Gasteiger charge is -2.24. The number of hydrogen-bond acceptors (Lipinski definition) is 2. The van der Waals surface area contributed by atoms with Crippen LogP contribution in [0.25, 0.3) is 0 Å². The number of amides is 1. The van der Waals surface area contributed by atoms with Gasteiger partial charge in [0.25, 0.3) is 0 Å². The highest BCUT2D eigenvalue weighted by Crippen LogP contribution is 2.48. The number of allylic oxidation sites excluding steroid dienone is 2. The second-order valence-electron chi connectivity index (χ2n) is 5.57. The van der Waals surface area contributed by atoms with E-state index in [1.54, 1.807) is 0 Å². The Hall–Kier alpha value is -1.23. The van der Waals surface area contributed by atoms with E-state index in [1.165, 1.54) is 12.1 Å². The molecule has 4 atom stereocenters. The van der Waals surface area contributed by atoms with Gasteiger partial charge in [0.05, 0.1) is 27.6 Å². The molecule has 1 fully saturated rings. The second-order valence-corrected chi connectivity index (χ2v) is 6.82. The van der Waals surface area contributed by atoms with E-state index in [0.717, 1.165) is 0 Å². The highest BCUT2D eigenvalue weighted by molar-refractivity contribution is 6.42. The summed E-state index contributed by atoms with van der Waals surface area (Å²) >= 11 is 17.9. The number of aliphatic carboxylic acids is 1. The number of fused-ring (bicyclic) bond motifs is 2. The highest BCUT2D eigenvalue weighted by Gasteiger charge is 2.51. The first-order valence-electron chi connectivity index (χ1n) is 6.75.